The minimum Gasteiger partial charge on any atom is -0.321 e. The van der Waals surface area contributed by atoms with Gasteiger partial charge in [0.2, 0.25) is 0 Å². The molecule has 0 atom stereocenters. The van der Waals surface area contributed by atoms with Crippen molar-refractivity contribution in [3.05, 3.63) is 35.9 Å². The largest absolute Gasteiger partial charge is 0.321 e. The summed E-state index contributed by atoms with van der Waals surface area (Å²) in [4.78, 5) is 0. The Morgan fingerprint density at radius 3 is 2.15 bits per heavy atom. The number of rotatable bonds is 1. The Kier molecular flexibility index (Phi) is 6.05. The molecule has 1 aromatic carbocycles. The Labute approximate surface area is 78.0 Å². The van der Waals surface area contributed by atoms with Gasteiger partial charge in [0.25, 0.3) is 0 Å². The van der Waals surface area contributed by atoms with Crippen molar-refractivity contribution in [3.63, 3.8) is 0 Å². The molecule has 70 valence electrons. The molecule has 1 rings (SSSR count). The lowest BCUT2D eigenvalue weighted by Gasteiger charge is -1.94. The number of amidine groups is 1. The van der Waals surface area contributed by atoms with Gasteiger partial charge < -0.3 is 5.84 Å². The molecule has 0 fully saturated rings. The van der Waals surface area contributed by atoms with Gasteiger partial charge in [-0.05, 0) is 0 Å². The van der Waals surface area contributed by atoms with Gasteiger partial charge in [0.05, 0.1) is 0 Å². The zero-order chi connectivity index (χ0) is 10.1. The van der Waals surface area contributed by atoms with Crippen LogP contribution in [0.15, 0.2) is 40.5 Å². The van der Waals surface area contributed by atoms with Gasteiger partial charge in [-0.3, -0.25) is 0 Å². The van der Waals surface area contributed by atoms with E-state index in [0.717, 1.165) is 5.56 Å². The summed E-state index contributed by atoms with van der Waals surface area (Å²) in [6.07, 6.45) is 0. The van der Waals surface area contributed by atoms with Crippen LogP contribution in [0.3, 0.4) is 0 Å². The Morgan fingerprint density at radius 1 is 1.23 bits per heavy atom. The van der Waals surface area contributed by atoms with Crippen LogP contribution in [0.1, 0.15) is 19.4 Å². The van der Waals surface area contributed by atoms with Crippen molar-refractivity contribution >= 4 is 5.84 Å². The Balaban J connectivity index is 0.000000671. The molecule has 0 heterocycles. The number of hydrogen-bond acceptors (Lipinski definition) is 3. The Bertz CT molecular complexity index is 266. The quantitative estimate of drug-likeness (QED) is 0.224. The summed E-state index contributed by atoms with van der Waals surface area (Å²) in [6.45, 7) is 4.00. The summed E-state index contributed by atoms with van der Waals surface area (Å²) in [5.41, 5.74) is 7.47. The molecule has 0 saturated carbocycles. The first-order valence-corrected chi connectivity index (χ1v) is 4.09. The highest BCUT2D eigenvalue weighted by molar-refractivity contribution is 5.98. The molecule has 0 bridgehead atoms. The average Bonchev–Trinajstić information content (AvgIpc) is 2.24. The maximum Gasteiger partial charge on any atom is 0.199 e. The molecule has 0 amide bonds. The molecule has 0 aliphatic carbocycles. The summed E-state index contributed by atoms with van der Waals surface area (Å²) >= 11 is 0. The molecule has 3 N–H and O–H groups in total. The van der Waals surface area contributed by atoms with E-state index in [-0.39, 0.29) is 5.84 Å². The highest BCUT2D eigenvalue weighted by Gasteiger charge is 1.97. The molecule has 0 radical (unpaired) electrons. The van der Waals surface area contributed by atoms with Crippen molar-refractivity contribution in [3.8, 4) is 0 Å². The van der Waals surface area contributed by atoms with Crippen molar-refractivity contribution < 1.29 is 0 Å². The topological polar surface area (TPSA) is 74.6 Å². The minimum atomic E-state index is 0.241. The molecule has 13 heavy (non-hydrogen) atoms. The van der Waals surface area contributed by atoms with Gasteiger partial charge in [0, 0.05) is 5.56 Å². The van der Waals surface area contributed by atoms with Crippen molar-refractivity contribution in [2.24, 2.45) is 16.1 Å². The fourth-order valence-electron chi connectivity index (χ4n) is 0.755. The summed E-state index contributed by atoms with van der Waals surface area (Å²) in [5.74, 6) is 5.23. The van der Waals surface area contributed by atoms with E-state index in [0.29, 0.717) is 0 Å². The normalized spacial score (nSPS) is 9.85. The van der Waals surface area contributed by atoms with Gasteiger partial charge in [-0.25, -0.2) is 5.53 Å². The van der Waals surface area contributed by atoms with Gasteiger partial charge in [-0.15, -0.1) is 5.11 Å². The van der Waals surface area contributed by atoms with E-state index in [2.05, 4.69) is 10.2 Å². The molecule has 0 saturated heterocycles. The highest BCUT2D eigenvalue weighted by Crippen LogP contribution is 2.00. The van der Waals surface area contributed by atoms with E-state index < -0.39 is 0 Å². The van der Waals surface area contributed by atoms with Crippen LogP contribution in [0.25, 0.3) is 0 Å². The number of nitrogens with one attached hydrogen (secondary N) is 1. The van der Waals surface area contributed by atoms with Gasteiger partial charge >= 0.3 is 0 Å². The fraction of sp³-hybridized carbons (Fsp3) is 0.222. The first kappa shape index (κ1) is 11.3. The van der Waals surface area contributed by atoms with Gasteiger partial charge in [-0.2, -0.15) is 5.10 Å². The van der Waals surface area contributed by atoms with E-state index in [1.807, 2.05) is 32.0 Å². The summed E-state index contributed by atoms with van der Waals surface area (Å²) in [7, 11) is 0. The summed E-state index contributed by atoms with van der Waals surface area (Å²) < 4.78 is 0. The number of hydrazone groups is 1. The number of nitrogens with zero attached hydrogens (tertiary/aromatic N) is 2. The van der Waals surface area contributed by atoms with Crippen LogP contribution in [0.5, 0.6) is 0 Å². The molecule has 1 aromatic rings. The molecule has 0 aliphatic heterocycles. The minimum absolute atomic E-state index is 0.241. The number of hydrogen-bond donors (Lipinski definition) is 2. The van der Waals surface area contributed by atoms with E-state index >= 15 is 0 Å². The van der Waals surface area contributed by atoms with E-state index in [1.165, 1.54) is 0 Å². The average molecular weight is 178 g/mol. The number of benzene rings is 1. The van der Waals surface area contributed by atoms with E-state index in [4.69, 9.17) is 11.4 Å². The molecular formula is C9H14N4. The zero-order valence-corrected chi connectivity index (χ0v) is 7.86. The van der Waals surface area contributed by atoms with Crippen LogP contribution in [0.4, 0.5) is 0 Å². The summed E-state index contributed by atoms with van der Waals surface area (Å²) in [6, 6.07) is 9.15. The van der Waals surface area contributed by atoms with Crippen molar-refractivity contribution in [1.82, 2.24) is 0 Å². The Morgan fingerprint density at radius 2 is 1.77 bits per heavy atom. The monoisotopic (exact) mass is 178 g/mol. The maximum atomic E-state index is 6.71. The highest BCUT2D eigenvalue weighted by atomic mass is 15.2. The lowest BCUT2D eigenvalue weighted by Crippen LogP contribution is -1.98. The fourth-order valence-corrected chi connectivity index (χ4v) is 0.755. The molecule has 0 unspecified atom stereocenters. The van der Waals surface area contributed by atoms with Crippen LogP contribution in [0, 0.1) is 5.53 Å². The summed E-state index contributed by atoms with van der Waals surface area (Å²) in [5, 5.41) is 6.49. The molecule has 4 heteroatoms. The second-order valence-electron chi connectivity index (χ2n) is 1.93. The van der Waals surface area contributed by atoms with Crippen LogP contribution < -0.4 is 5.84 Å². The third-order valence-electron chi connectivity index (χ3n) is 1.26. The molecular weight excluding hydrogens is 164 g/mol. The zero-order valence-electron chi connectivity index (χ0n) is 7.86. The second-order valence-corrected chi connectivity index (χ2v) is 1.93. The van der Waals surface area contributed by atoms with Crippen molar-refractivity contribution in [2.75, 3.05) is 0 Å². The predicted molar refractivity (Wildman–Crippen MR) is 53.7 cm³/mol. The maximum absolute atomic E-state index is 6.71. The predicted octanol–water partition coefficient (Wildman–Crippen LogP) is 2.36. The van der Waals surface area contributed by atoms with E-state index in [1.54, 1.807) is 12.1 Å². The second kappa shape index (κ2) is 6.97. The third-order valence-corrected chi connectivity index (χ3v) is 1.26. The van der Waals surface area contributed by atoms with Gasteiger partial charge in [-0.1, -0.05) is 44.2 Å². The standard InChI is InChI=1S/C7H8N4.C2H6/c8-10-7(11-9)6-4-2-1-3-5-6;1-2/h1-5,8H,9H2;1-2H3/b10-8?,11-7-;. The first-order chi connectivity index (χ1) is 6.38. The Hall–Kier alpha value is -1.71. The lowest BCUT2D eigenvalue weighted by atomic mass is 10.2. The first-order valence-electron chi connectivity index (χ1n) is 4.09. The van der Waals surface area contributed by atoms with Crippen molar-refractivity contribution in [1.29, 1.82) is 5.53 Å². The molecule has 0 aliphatic rings. The number of nitrogens with two attached hydrogens (primary N) is 1. The van der Waals surface area contributed by atoms with Gasteiger partial charge in [0.1, 0.15) is 0 Å². The third kappa shape index (κ3) is 3.46. The molecule has 4 nitrogen and oxygen atoms in total. The van der Waals surface area contributed by atoms with Crippen LogP contribution in [0.2, 0.25) is 0 Å². The molecule has 0 aromatic heterocycles. The van der Waals surface area contributed by atoms with Crippen LogP contribution >= 0.6 is 0 Å². The smallest absolute Gasteiger partial charge is 0.199 e. The van der Waals surface area contributed by atoms with Crippen LogP contribution in [-0.2, 0) is 0 Å². The van der Waals surface area contributed by atoms with Gasteiger partial charge in [0.15, 0.2) is 5.84 Å². The van der Waals surface area contributed by atoms with E-state index in [9.17, 15) is 0 Å². The SMILES string of the molecule is CC.N=N/C(=N\N)c1ccccc1. The molecule has 0 spiro atoms. The van der Waals surface area contributed by atoms with Crippen LogP contribution in [-0.4, -0.2) is 5.84 Å². The lowest BCUT2D eigenvalue weighted by molar-refractivity contribution is 1.13. The van der Waals surface area contributed by atoms with Crippen molar-refractivity contribution in [2.45, 2.75) is 13.8 Å².